The minimum absolute atomic E-state index is 0.0452. The lowest BCUT2D eigenvalue weighted by molar-refractivity contribution is -0.137. The topological polar surface area (TPSA) is 30.9 Å². The first kappa shape index (κ1) is 21.0. The van der Waals surface area contributed by atoms with Gasteiger partial charge in [0.25, 0.3) is 0 Å². The van der Waals surface area contributed by atoms with E-state index < -0.39 is 11.7 Å². The first-order valence-corrected chi connectivity index (χ1v) is 10.3. The Hall–Kier alpha value is -1.76. The maximum atomic E-state index is 12.9. The molecule has 2 unspecified atom stereocenters. The first-order chi connectivity index (χ1) is 13.4. The van der Waals surface area contributed by atoms with E-state index in [9.17, 15) is 13.2 Å². The van der Waals surface area contributed by atoms with E-state index in [1.807, 2.05) is 6.92 Å². The van der Waals surface area contributed by atoms with Crippen molar-refractivity contribution in [3.63, 3.8) is 0 Å². The van der Waals surface area contributed by atoms with E-state index in [1.165, 1.54) is 44.5 Å². The second kappa shape index (κ2) is 9.16. The second-order valence-electron chi connectivity index (χ2n) is 7.92. The Morgan fingerprint density at radius 2 is 2.00 bits per heavy atom. The number of aliphatic imine (C=N–C) groups is 1. The molecule has 7 heteroatoms. The van der Waals surface area contributed by atoms with Gasteiger partial charge >= 0.3 is 6.18 Å². The number of guanidine groups is 1. The lowest BCUT2D eigenvalue weighted by atomic mass is 9.96. The van der Waals surface area contributed by atoms with Gasteiger partial charge in [-0.05, 0) is 56.3 Å². The van der Waals surface area contributed by atoms with Crippen molar-refractivity contribution in [1.82, 2.24) is 15.1 Å². The summed E-state index contributed by atoms with van der Waals surface area (Å²) in [5, 5.41) is 3.40. The predicted octanol–water partition coefficient (Wildman–Crippen LogP) is 3.94. The van der Waals surface area contributed by atoms with Gasteiger partial charge in [-0.15, -0.1) is 0 Å². The highest BCUT2D eigenvalue weighted by molar-refractivity contribution is 5.80. The summed E-state index contributed by atoms with van der Waals surface area (Å²) in [7, 11) is 1.79. The number of benzene rings is 1. The van der Waals surface area contributed by atoms with Crippen molar-refractivity contribution in [3.05, 3.63) is 35.4 Å². The van der Waals surface area contributed by atoms with Crippen LogP contribution in [0.1, 0.15) is 49.7 Å². The molecule has 0 aromatic heterocycles. The molecule has 2 aliphatic heterocycles. The van der Waals surface area contributed by atoms with Gasteiger partial charge in [-0.2, -0.15) is 13.2 Å². The maximum absolute atomic E-state index is 12.9. The van der Waals surface area contributed by atoms with Crippen molar-refractivity contribution < 1.29 is 13.2 Å². The van der Waals surface area contributed by atoms with Gasteiger partial charge in [-0.3, -0.25) is 9.89 Å². The van der Waals surface area contributed by atoms with Crippen molar-refractivity contribution in [2.24, 2.45) is 4.99 Å². The van der Waals surface area contributed by atoms with Crippen LogP contribution in [0.15, 0.2) is 29.3 Å². The molecular weight excluding hydrogens is 365 g/mol. The monoisotopic (exact) mass is 396 g/mol. The van der Waals surface area contributed by atoms with Crippen molar-refractivity contribution in [2.75, 3.05) is 39.8 Å². The number of likely N-dealkylation sites (tertiary alicyclic amines) is 2. The Morgan fingerprint density at radius 1 is 1.25 bits per heavy atom. The molecule has 1 aromatic carbocycles. The molecule has 1 aromatic rings. The molecule has 1 N–H and O–H groups in total. The molecule has 0 amide bonds. The highest BCUT2D eigenvalue weighted by Crippen LogP contribution is 2.31. The Bertz CT molecular complexity index is 668. The van der Waals surface area contributed by atoms with Crippen molar-refractivity contribution in [2.45, 2.75) is 50.7 Å². The van der Waals surface area contributed by atoms with Crippen LogP contribution in [-0.4, -0.2) is 61.6 Å². The largest absolute Gasteiger partial charge is 0.416 e. The minimum atomic E-state index is -4.29. The average molecular weight is 397 g/mol. The van der Waals surface area contributed by atoms with Crippen LogP contribution in [0.3, 0.4) is 0 Å². The van der Waals surface area contributed by atoms with Crippen LogP contribution in [0.4, 0.5) is 13.2 Å². The molecule has 0 radical (unpaired) electrons. The lowest BCUT2D eigenvalue weighted by Crippen LogP contribution is -2.43. The van der Waals surface area contributed by atoms with Crippen LogP contribution < -0.4 is 5.32 Å². The van der Waals surface area contributed by atoms with Crippen LogP contribution in [-0.2, 0) is 6.18 Å². The summed E-state index contributed by atoms with van der Waals surface area (Å²) < 4.78 is 38.7. The average Bonchev–Trinajstić information content (AvgIpc) is 3.36. The number of halogens is 3. The van der Waals surface area contributed by atoms with E-state index in [4.69, 9.17) is 0 Å². The number of hydrogen-bond acceptors (Lipinski definition) is 2. The normalized spacial score (nSPS) is 22.7. The third kappa shape index (κ3) is 5.19. The molecule has 2 heterocycles. The summed E-state index contributed by atoms with van der Waals surface area (Å²) in [6.45, 7) is 7.08. The molecule has 2 fully saturated rings. The number of nitrogens with zero attached hydrogens (tertiary/aromatic N) is 3. The summed E-state index contributed by atoms with van der Waals surface area (Å²) in [6, 6.07) is 6.27. The summed E-state index contributed by atoms with van der Waals surface area (Å²) >= 11 is 0. The molecule has 4 nitrogen and oxygen atoms in total. The van der Waals surface area contributed by atoms with Gasteiger partial charge in [-0.25, -0.2) is 0 Å². The molecule has 0 saturated carbocycles. The molecule has 0 bridgehead atoms. The number of rotatable bonds is 5. The molecule has 2 saturated heterocycles. The van der Waals surface area contributed by atoms with Crippen LogP contribution in [0.2, 0.25) is 0 Å². The van der Waals surface area contributed by atoms with E-state index >= 15 is 0 Å². The van der Waals surface area contributed by atoms with Gasteiger partial charge in [0, 0.05) is 32.7 Å². The molecule has 156 valence electrons. The zero-order valence-electron chi connectivity index (χ0n) is 16.8. The molecule has 2 aliphatic rings. The maximum Gasteiger partial charge on any atom is 0.416 e. The van der Waals surface area contributed by atoms with Gasteiger partial charge in [0.2, 0.25) is 0 Å². The third-order valence-corrected chi connectivity index (χ3v) is 5.98. The van der Waals surface area contributed by atoms with Crippen molar-refractivity contribution >= 4 is 5.96 Å². The quantitative estimate of drug-likeness (QED) is 0.604. The Kier molecular flexibility index (Phi) is 6.86. The SMILES string of the molecule is CN=C(NCCC(C)c1cccc(C(F)(F)F)c1)N1CCC(N2CCCC2)C1. The van der Waals surface area contributed by atoms with E-state index in [0.29, 0.717) is 12.6 Å². The molecular formula is C21H31F3N4. The fraction of sp³-hybridized carbons (Fsp3) is 0.667. The fourth-order valence-corrected chi connectivity index (χ4v) is 4.26. The summed E-state index contributed by atoms with van der Waals surface area (Å²) in [6.07, 6.45) is 0.233. The summed E-state index contributed by atoms with van der Waals surface area (Å²) in [5.41, 5.74) is 0.146. The molecule has 0 spiro atoms. The number of nitrogens with one attached hydrogen (secondary N) is 1. The third-order valence-electron chi connectivity index (χ3n) is 5.98. The molecule has 3 rings (SSSR count). The van der Waals surface area contributed by atoms with E-state index in [2.05, 4.69) is 20.1 Å². The lowest BCUT2D eigenvalue weighted by Gasteiger charge is -2.25. The second-order valence-corrected chi connectivity index (χ2v) is 7.92. The van der Waals surface area contributed by atoms with E-state index in [1.54, 1.807) is 13.1 Å². The predicted molar refractivity (Wildman–Crippen MR) is 107 cm³/mol. The summed E-state index contributed by atoms with van der Waals surface area (Å²) in [5.74, 6) is 0.946. The van der Waals surface area contributed by atoms with Crippen molar-refractivity contribution in [3.8, 4) is 0 Å². The van der Waals surface area contributed by atoms with Crippen LogP contribution in [0.25, 0.3) is 0 Å². The summed E-state index contributed by atoms with van der Waals surface area (Å²) in [4.78, 5) is 9.30. The Balaban J connectivity index is 1.48. The number of hydrogen-bond donors (Lipinski definition) is 1. The highest BCUT2D eigenvalue weighted by Gasteiger charge is 2.31. The zero-order valence-corrected chi connectivity index (χ0v) is 16.8. The Labute approximate surface area is 165 Å². The number of alkyl halides is 3. The van der Waals surface area contributed by atoms with Gasteiger partial charge in [-0.1, -0.05) is 25.1 Å². The van der Waals surface area contributed by atoms with Crippen LogP contribution in [0.5, 0.6) is 0 Å². The highest BCUT2D eigenvalue weighted by atomic mass is 19.4. The van der Waals surface area contributed by atoms with Crippen LogP contribution >= 0.6 is 0 Å². The van der Waals surface area contributed by atoms with E-state index in [-0.39, 0.29) is 5.92 Å². The van der Waals surface area contributed by atoms with Gasteiger partial charge in [0.15, 0.2) is 5.96 Å². The van der Waals surface area contributed by atoms with Crippen molar-refractivity contribution in [1.29, 1.82) is 0 Å². The minimum Gasteiger partial charge on any atom is -0.356 e. The van der Waals surface area contributed by atoms with Gasteiger partial charge < -0.3 is 10.2 Å². The van der Waals surface area contributed by atoms with E-state index in [0.717, 1.165) is 37.1 Å². The standard InChI is InChI=1S/C21H31F3N4/c1-16(17-6-5-7-18(14-17)21(22,23)24)8-10-26-20(25-2)28-13-9-19(15-28)27-11-3-4-12-27/h5-7,14,16,19H,3-4,8-13,15H2,1-2H3,(H,25,26). The molecule has 0 aliphatic carbocycles. The Morgan fingerprint density at radius 3 is 2.68 bits per heavy atom. The zero-order chi connectivity index (χ0) is 20.1. The molecule has 28 heavy (non-hydrogen) atoms. The van der Waals surface area contributed by atoms with Gasteiger partial charge in [0.05, 0.1) is 5.56 Å². The first-order valence-electron chi connectivity index (χ1n) is 10.3. The van der Waals surface area contributed by atoms with Crippen LogP contribution in [0, 0.1) is 0 Å². The fourth-order valence-electron chi connectivity index (χ4n) is 4.26. The van der Waals surface area contributed by atoms with Gasteiger partial charge in [0.1, 0.15) is 0 Å². The molecule has 2 atom stereocenters. The smallest absolute Gasteiger partial charge is 0.356 e.